The highest BCUT2D eigenvalue weighted by Gasteiger charge is 2.37. The molecule has 15 heavy (non-hydrogen) atoms. The molecule has 0 aromatic carbocycles. The minimum Gasteiger partial charge on any atom is -0.465 e. The Bertz CT molecular complexity index is 371. The second-order valence-corrected chi connectivity index (χ2v) is 3.56. The first-order valence-electron chi connectivity index (χ1n) is 4.64. The number of carbonyl (C=O) groups is 1. The third-order valence-electron chi connectivity index (χ3n) is 2.50. The Balaban J connectivity index is 2.20. The highest BCUT2D eigenvalue weighted by molar-refractivity contribution is 5.88. The fourth-order valence-electron chi connectivity index (χ4n) is 1.45. The molecule has 0 unspecified atom stereocenters. The lowest BCUT2D eigenvalue weighted by molar-refractivity contribution is -0.0186. The van der Waals surface area contributed by atoms with Gasteiger partial charge in [-0.15, -0.1) is 0 Å². The van der Waals surface area contributed by atoms with E-state index in [0.29, 0.717) is 24.3 Å². The van der Waals surface area contributed by atoms with Crippen LogP contribution in [0.2, 0.25) is 0 Å². The van der Waals surface area contributed by atoms with Crippen LogP contribution in [-0.2, 0) is 10.3 Å². The fraction of sp³-hybridized carbons (Fsp3) is 0.400. The summed E-state index contributed by atoms with van der Waals surface area (Å²) in [7, 11) is 1.32. The van der Waals surface area contributed by atoms with Crippen LogP contribution in [0.4, 0.5) is 0 Å². The molecule has 0 aliphatic carbocycles. The summed E-state index contributed by atoms with van der Waals surface area (Å²) >= 11 is 0. The van der Waals surface area contributed by atoms with Crippen molar-refractivity contribution < 1.29 is 14.6 Å². The van der Waals surface area contributed by atoms with E-state index < -0.39 is 11.6 Å². The van der Waals surface area contributed by atoms with E-state index in [4.69, 9.17) is 0 Å². The minimum absolute atomic E-state index is 0.386. The van der Waals surface area contributed by atoms with Gasteiger partial charge in [0, 0.05) is 19.3 Å². The van der Waals surface area contributed by atoms with Gasteiger partial charge in [-0.2, -0.15) is 0 Å². The van der Waals surface area contributed by atoms with E-state index in [-0.39, 0.29) is 0 Å². The van der Waals surface area contributed by atoms with E-state index in [2.05, 4.69) is 15.0 Å². The van der Waals surface area contributed by atoms with Crippen molar-refractivity contribution in [1.82, 2.24) is 10.3 Å². The van der Waals surface area contributed by atoms with E-state index in [0.717, 1.165) is 0 Å². The number of rotatable bonds is 2. The predicted molar refractivity (Wildman–Crippen MR) is 52.3 cm³/mol. The molecule has 1 aromatic heterocycles. The van der Waals surface area contributed by atoms with Crippen LogP contribution >= 0.6 is 0 Å². The SMILES string of the molecule is COC(=O)c1ccc(C2(O)CNC2)nc1. The van der Waals surface area contributed by atoms with Gasteiger partial charge in [0.15, 0.2) is 0 Å². The number of aliphatic hydroxyl groups is 1. The van der Waals surface area contributed by atoms with E-state index in [1.54, 1.807) is 12.1 Å². The van der Waals surface area contributed by atoms with Gasteiger partial charge in [0.2, 0.25) is 0 Å². The maximum atomic E-state index is 11.1. The van der Waals surface area contributed by atoms with Crippen molar-refractivity contribution >= 4 is 5.97 Å². The second-order valence-electron chi connectivity index (χ2n) is 3.56. The van der Waals surface area contributed by atoms with Gasteiger partial charge in [0.25, 0.3) is 0 Å². The number of hydrogen-bond donors (Lipinski definition) is 2. The normalized spacial score (nSPS) is 18.0. The quantitative estimate of drug-likeness (QED) is 0.650. The third kappa shape index (κ3) is 1.71. The first kappa shape index (κ1) is 10.1. The summed E-state index contributed by atoms with van der Waals surface area (Å²) in [5.74, 6) is -0.423. The van der Waals surface area contributed by atoms with E-state index in [1.165, 1.54) is 13.3 Å². The van der Waals surface area contributed by atoms with Gasteiger partial charge in [-0.25, -0.2) is 4.79 Å². The van der Waals surface area contributed by atoms with Gasteiger partial charge in [0.1, 0.15) is 5.60 Å². The lowest BCUT2D eigenvalue weighted by atomic mass is 9.92. The molecule has 0 saturated carbocycles. The Morgan fingerprint density at radius 3 is 2.73 bits per heavy atom. The predicted octanol–water partition coefficient (Wildman–Crippen LogP) is -0.341. The van der Waals surface area contributed by atoms with E-state index >= 15 is 0 Å². The van der Waals surface area contributed by atoms with Crippen molar-refractivity contribution in [2.45, 2.75) is 5.60 Å². The smallest absolute Gasteiger partial charge is 0.339 e. The number of aromatic nitrogens is 1. The van der Waals surface area contributed by atoms with Gasteiger partial charge in [-0.3, -0.25) is 4.98 Å². The summed E-state index contributed by atoms with van der Waals surface area (Å²) < 4.78 is 4.55. The number of pyridine rings is 1. The molecular formula is C10H12N2O3. The summed E-state index contributed by atoms with van der Waals surface area (Å²) in [6.07, 6.45) is 1.41. The number of hydrogen-bond acceptors (Lipinski definition) is 5. The Morgan fingerprint density at radius 2 is 2.33 bits per heavy atom. The van der Waals surface area contributed by atoms with Crippen LogP contribution in [0.25, 0.3) is 0 Å². The van der Waals surface area contributed by atoms with Crippen molar-refractivity contribution in [3.05, 3.63) is 29.6 Å². The summed E-state index contributed by atoms with van der Waals surface area (Å²) in [5, 5.41) is 12.9. The molecule has 0 amide bonds. The maximum Gasteiger partial charge on any atom is 0.339 e. The molecule has 5 nitrogen and oxygen atoms in total. The van der Waals surface area contributed by atoms with Gasteiger partial charge < -0.3 is 15.2 Å². The molecule has 2 heterocycles. The van der Waals surface area contributed by atoms with Crippen LogP contribution in [-0.4, -0.2) is 36.3 Å². The zero-order chi connectivity index (χ0) is 10.9. The standard InChI is InChI=1S/C10H12N2O3/c1-15-9(13)7-2-3-8(12-4-7)10(14)5-11-6-10/h2-4,11,14H,5-6H2,1H3. The Hall–Kier alpha value is -1.46. The number of carbonyl (C=O) groups excluding carboxylic acids is 1. The molecule has 0 atom stereocenters. The number of esters is 1. The van der Waals surface area contributed by atoms with Crippen LogP contribution < -0.4 is 5.32 Å². The lowest BCUT2D eigenvalue weighted by Gasteiger charge is -2.36. The van der Waals surface area contributed by atoms with Crippen molar-refractivity contribution in [2.24, 2.45) is 0 Å². The zero-order valence-electron chi connectivity index (χ0n) is 8.36. The Morgan fingerprint density at radius 1 is 1.60 bits per heavy atom. The largest absolute Gasteiger partial charge is 0.465 e. The molecule has 1 saturated heterocycles. The molecule has 1 aliphatic rings. The van der Waals surface area contributed by atoms with E-state index in [9.17, 15) is 9.90 Å². The second kappa shape index (κ2) is 3.60. The van der Waals surface area contributed by atoms with Crippen molar-refractivity contribution in [3.8, 4) is 0 Å². The molecule has 1 aromatic rings. The Kier molecular flexibility index (Phi) is 2.42. The van der Waals surface area contributed by atoms with Gasteiger partial charge in [-0.05, 0) is 12.1 Å². The summed E-state index contributed by atoms with van der Waals surface area (Å²) in [6.45, 7) is 0.995. The van der Waals surface area contributed by atoms with Gasteiger partial charge >= 0.3 is 5.97 Å². The average Bonchev–Trinajstić information content (AvgIpc) is 2.25. The minimum atomic E-state index is -0.880. The van der Waals surface area contributed by atoms with Crippen LogP contribution in [0.1, 0.15) is 16.1 Å². The molecule has 1 aliphatic heterocycles. The topological polar surface area (TPSA) is 71.5 Å². The molecule has 2 rings (SSSR count). The molecule has 1 fully saturated rings. The van der Waals surface area contributed by atoms with Gasteiger partial charge in [0.05, 0.1) is 18.4 Å². The third-order valence-corrected chi connectivity index (χ3v) is 2.50. The van der Waals surface area contributed by atoms with Crippen LogP contribution in [0.15, 0.2) is 18.3 Å². The number of ether oxygens (including phenoxy) is 1. The number of nitrogens with zero attached hydrogens (tertiary/aromatic N) is 1. The molecule has 5 heteroatoms. The van der Waals surface area contributed by atoms with Crippen LogP contribution in [0.5, 0.6) is 0 Å². The zero-order valence-corrected chi connectivity index (χ0v) is 8.36. The van der Waals surface area contributed by atoms with Crippen molar-refractivity contribution in [2.75, 3.05) is 20.2 Å². The summed E-state index contributed by atoms with van der Waals surface area (Å²) in [4.78, 5) is 15.2. The number of nitrogens with one attached hydrogen (secondary N) is 1. The van der Waals surface area contributed by atoms with Crippen LogP contribution in [0.3, 0.4) is 0 Å². The Labute approximate surface area is 87.1 Å². The summed E-state index contributed by atoms with van der Waals surface area (Å²) in [6, 6.07) is 3.25. The first-order chi connectivity index (χ1) is 7.15. The fourth-order valence-corrected chi connectivity index (χ4v) is 1.45. The number of methoxy groups -OCH3 is 1. The van der Waals surface area contributed by atoms with Crippen LogP contribution in [0, 0.1) is 0 Å². The lowest BCUT2D eigenvalue weighted by Crippen LogP contribution is -2.57. The molecule has 0 spiro atoms. The van der Waals surface area contributed by atoms with Crippen molar-refractivity contribution in [3.63, 3.8) is 0 Å². The maximum absolute atomic E-state index is 11.1. The highest BCUT2D eigenvalue weighted by Crippen LogP contribution is 2.23. The molecule has 80 valence electrons. The van der Waals surface area contributed by atoms with Crippen molar-refractivity contribution in [1.29, 1.82) is 0 Å². The summed E-state index contributed by atoms with van der Waals surface area (Å²) in [5.41, 5.74) is 0.0836. The number of β-amino-alcohol motifs (C(OH)–C–C–N with tert-alkyl or cyclic N) is 1. The molecule has 0 radical (unpaired) electrons. The average molecular weight is 208 g/mol. The monoisotopic (exact) mass is 208 g/mol. The molecule has 0 bridgehead atoms. The molecular weight excluding hydrogens is 196 g/mol. The molecule has 2 N–H and O–H groups in total. The van der Waals surface area contributed by atoms with E-state index in [1.807, 2.05) is 0 Å². The highest BCUT2D eigenvalue weighted by atomic mass is 16.5. The van der Waals surface area contributed by atoms with Gasteiger partial charge in [-0.1, -0.05) is 0 Å². The first-order valence-corrected chi connectivity index (χ1v) is 4.64.